The van der Waals surface area contributed by atoms with Gasteiger partial charge in [0.05, 0.1) is 12.1 Å². The number of fused-ring (bicyclic) bond motifs is 1. The average molecular weight is 299 g/mol. The Morgan fingerprint density at radius 1 is 1.41 bits per heavy atom. The fraction of sp³-hybridized carbons (Fsp3) is 0.250. The number of rotatable bonds is 5. The van der Waals surface area contributed by atoms with E-state index < -0.39 is 0 Å². The number of aromatic nitrogens is 1. The van der Waals surface area contributed by atoms with Crippen LogP contribution in [0, 0.1) is 6.92 Å². The summed E-state index contributed by atoms with van der Waals surface area (Å²) in [5.41, 5.74) is 8.62. The first-order chi connectivity index (χ1) is 10.7. The van der Waals surface area contributed by atoms with Crippen molar-refractivity contribution >= 4 is 17.0 Å². The van der Waals surface area contributed by atoms with Crippen molar-refractivity contribution in [1.29, 1.82) is 0 Å². The molecule has 22 heavy (non-hydrogen) atoms. The number of benzene rings is 1. The lowest BCUT2D eigenvalue weighted by Crippen LogP contribution is -2.25. The predicted octanol–water partition coefficient (Wildman–Crippen LogP) is 2.16. The van der Waals surface area contributed by atoms with Crippen LogP contribution in [-0.4, -0.2) is 17.4 Å². The number of para-hydroxylation sites is 1. The molecular weight excluding hydrogens is 282 g/mol. The normalized spacial score (nSPS) is 11.0. The van der Waals surface area contributed by atoms with E-state index in [4.69, 9.17) is 14.6 Å². The molecule has 114 valence electrons. The molecule has 0 aliphatic carbocycles. The highest BCUT2D eigenvalue weighted by Gasteiger charge is 2.11. The van der Waals surface area contributed by atoms with E-state index >= 15 is 0 Å². The topological polar surface area (TPSA) is 94.3 Å². The van der Waals surface area contributed by atoms with Crippen LogP contribution in [0.15, 0.2) is 39.4 Å². The molecule has 1 aromatic carbocycles. The van der Waals surface area contributed by atoms with E-state index in [1.165, 1.54) is 6.26 Å². The fourth-order valence-corrected chi connectivity index (χ4v) is 2.23. The number of aryl methyl sites for hydroxylation is 1. The highest BCUT2D eigenvalue weighted by Crippen LogP contribution is 2.18. The molecule has 1 amide bonds. The molecule has 2 aromatic heterocycles. The van der Waals surface area contributed by atoms with Gasteiger partial charge in [-0.05, 0) is 24.6 Å². The number of nitrogens with zero attached hydrogens (tertiary/aromatic N) is 1. The number of furan rings is 1. The van der Waals surface area contributed by atoms with Gasteiger partial charge in [0.25, 0.3) is 5.91 Å². The number of amides is 1. The van der Waals surface area contributed by atoms with Crippen LogP contribution in [-0.2, 0) is 13.0 Å². The second kappa shape index (κ2) is 6.03. The molecule has 0 bridgehead atoms. The van der Waals surface area contributed by atoms with Crippen molar-refractivity contribution < 1.29 is 13.6 Å². The van der Waals surface area contributed by atoms with Gasteiger partial charge in [0.2, 0.25) is 0 Å². The molecule has 0 unspecified atom stereocenters. The molecule has 6 nitrogen and oxygen atoms in total. The summed E-state index contributed by atoms with van der Waals surface area (Å²) in [5, 5.41) is 2.80. The van der Waals surface area contributed by atoms with Crippen LogP contribution < -0.4 is 11.1 Å². The Bertz CT molecular complexity index is 804. The molecule has 2 heterocycles. The lowest BCUT2D eigenvalue weighted by molar-refractivity contribution is 0.0953. The van der Waals surface area contributed by atoms with Crippen molar-refractivity contribution in [2.24, 2.45) is 5.73 Å². The third-order valence-corrected chi connectivity index (χ3v) is 3.41. The number of carbonyl (C=O) groups excluding carboxylic acids is 1. The monoisotopic (exact) mass is 299 g/mol. The maximum absolute atomic E-state index is 11.9. The maximum Gasteiger partial charge on any atom is 0.254 e. The van der Waals surface area contributed by atoms with Crippen molar-refractivity contribution in [3.63, 3.8) is 0 Å². The largest absolute Gasteiger partial charge is 0.467 e. The predicted molar refractivity (Wildman–Crippen MR) is 81.4 cm³/mol. The summed E-state index contributed by atoms with van der Waals surface area (Å²) in [4.78, 5) is 16.4. The van der Waals surface area contributed by atoms with Gasteiger partial charge in [-0.2, -0.15) is 0 Å². The number of carbonyl (C=O) groups is 1. The number of hydrogen-bond acceptors (Lipinski definition) is 5. The molecule has 3 rings (SSSR count). The van der Waals surface area contributed by atoms with Gasteiger partial charge in [-0.3, -0.25) is 4.79 Å². The quantitative estimate of drug-likeness (QED) is 0.753. The number of oxazole rings is 1. The number of nitrogens with two attached hydrogens (primary N) is 1. The van der Waals surface area contributed by atoms with E-state index in [0.29, 0.717) is 30.2 Å². The van der Waals surface area contributed by atoms with E-state index in [0.717, 1.165) is 16.7 Å². The van der Waals surface area contributed by atoms with Crippen LogP contribution in [0.5, 0.6) is 0 Å². The first-order valence-electron chi connectivity index (χ1n) is 7.08. The minimum atomic E-state index is -0.198. The summed E-state index contributed by atoms with van der Waals surface area (Å²) in [5.74, 6) is 0.995. The second-order valence-corrected chi connectivity index (χ2v) is 5.04. The van der Waals surface area contributed by atoms with Crippen LogP contribution in [0.1, 0.15) is 27.6 Å². The summed E-state index contributed by atoms with van der Waals surface area (Å²) < 4.78 is 10.8. The van der Waals surface area contributed by atoms with Gasteiger partial charge in [0, 0.05) is 13.0 Å². The third kappa shape index (κ3) is 2.87. The molecular formula is C16H17N3O3. The summed E-state index contributed by atoms with van der Waals surface area (Å²) >= 11 is 0. The van der Waals surface area contributed by atoms with Crippen LogP contribution in [0.3, 0.4) is 0 Å². The van der Waals surface area contributed by atoms with Crippen LogP contribution in [0.4, 0.5) is 0 Å². The first-order valence-corrected chi connectivity index (χ1v) is 7.08. The van der Waals surface area contributed by atoms with E-state index in [1.54, 1.807) is 6.07 Å². The average Bonchev–Trinajstić information content (AvgIpc) is 3.14. The Hall–Kier alpha value is -2.60. The molecule has 0 atom stereocenters. The van der Waals surface area contributed by atoms with Crippen molar-refractivity contribution in [3.8, 4) is 0 Å². The van der Waals surface area contributed by atoms with E-state index in [2.05, 4.69) is 10.3 Å². The molecule has 0 saturated carbocycles. The highest BCUT2D eigenvalue weighted by atomic mass is 16.3. The van der Waals surface area contributed by atoms with Crippen molar-refractivity contribution in [1.82, 2.24) is 10.3 Å². The standard InChI is InChI=1S/C16H17N3O3/c1-10-3-2-4-13-15(10)19-14(22-13)5-6-18-16(20)11-7-12(8-17)21-9-11/h2-4,7,9H,5-6,8,17H2,1H3,(H,18,20). The fourth-order valence-electron chi connectivity index (χ4n) is 2.23. The Morgan fingerprint density at radius 3 is 3.00 bits per heavy atom. The molecule has 0 saturated heterocycles. The smallest absolute Gasteiger partial charge is 0.254 e. The molecule has 3 aromatic rings. The zero-order valence-electron chi connectivity index (χ0n) is 12.3. The third-order valence-electron chi connectivity index (χ3n) is 3.41. The molecule has 0 radical (unpaired) electrons. The Balaban J connectivity index is 1.60. The Labute approximate surface area is 127 Å². The van der Waals surface area contributed by atoms with Gasteiger partial charge in [-0.1, -0.05) is 12.1 Å². The zero-order chi connectivity index (χ0) is 15.5. The molecule has 3 N–H and O–H groups in total. The van der Waals surface area contributed by atoms with Crippen molar-refractivity contribution in [2.45, 2.75) is 19.9 Å². The Morgan fingerprint density at radius 2 is 2.27 bits per heavy atom. The molecule has 0 aliphatic heterocycles. The van der Waals surface area contributed by atoms with Crippen molar-refractivity contribution in [3.05, 3.63) is 53.3 Å². The van der Waals surface area contributed by atoms with Gasteiger partial charge in [-0.15, -0.1) is 0 Å². The number of hydrogen-bond donors (Lipinski definition) is 2. The highest BCUT2D eigenvalue weighted by molar-refractivity contribution is 5.93. The minimum Gasteiger partial charge on any atom is -0.467 e. The molecule has 0 aliphatic rings. The summed E-state index contributed by atoms with van der Waals surface area (Å²) in [6, 6.07) is 7.45. The van der Waals surface area contributed by atoms with Crippen LogP contribution in [0.25, 0.3) is 11.1 Å². The van der Waals surface area contributed by atoms with Gasteiger partial charge in [0.1, 0.15) is 17.5 Å². The van der Waals surface area contributed by atoms with Crippen LogP contribution in [0.2, 0.25) is 0 Å². The lowest BCUT2D eigenvalue weighted by atomic mass is 10.2. The number of nitrogens with one attached hydrogen (secondary N) is 1. The molecule has 6 heteroatoms. The van der Waals surface area contributed by atoms with Gasteiger partial charge >= 0.3 is 0 Å². The zero-order valence-corrected chi connectivity index (χ0v) is 12.3. The Kier molecular flexibility index (Phi) is 3.93. The van der Waals surface area contributed by atoms with Gasteiger partial charge in [-0.25, -0.2) is 4.98 Å². The van der Waals surface area contributed by atoms with E-state index in [-0.39, 0.29) is 12.5 Å². The van der Waals surface area contributed by atoms with E-state index in [9.17, 15) is 4.79 Å². The van der Waals surface area contributed by atoms with Gasteiger partial charge < -0.3 is 19.9 Å². The van der Waals surface area contributed by atoms with E-state index in [1.807, 2.05) is 25.1 Å². The summed E-state index contributed by atoms with van der Waals surface area (Å²) in [6.45, 7) is 2.70. The second-order valence-electron chi connectivity index (χ2n) is 5.04. The molecule has 0 spiro atoms. The minimum absolute atomic E-state index is 0.198. The lowest BCUT2D eigenvalue weighted by Gasteiger charge is -2.00. The summed E-state index contributed by atoms with van der Waals surface area (Å²) in [7, 11) is 0. The van der Waals surface area contributed by atoms with Crippen molar-refractivity contribution in [2.75, 3.05) is 6.54 Å². The first kappa shape index (κ1) is 14.3. The van der Waals surface area contributed by atoms with Crippen LogP contribution >= 0.6 is 0 Å². The van der Waals surface area contributed by atoms with Gasteiger partial charge in [0.15, 0.2) is 11.5 Å². The maximum atomic E-state index is 11.9. The SMILES string of the molecule is Cc1cccc2oc(CCNC(=O)c3coc(CN)c3)nc12. The molecule has 0 fully saturated rings. The summed E-state index contributed by atoms with van der Waals surface area (Å²) in [6.07, 6.45) is 1.93.